The van der Waals surface area contributed by atoms with Crippen LogP contribution in [-0.4, -0.2) is 47.3 Å². The maximum absolute atomic E-state index is 10.6. The van der Waals surface area contributed by atoms with Gasteiger partial charge < -0.3 is 9.84 Å². The molecule has 1 aliphatic rings. The zero-order valence-electron chi connectivity index (χ0n) is 16.4. The highest BCUT2D eigenvalue weighted by Crippen LogP contribution is 2.25. The van der Waals surface area contributed by atoms with Gasteiger partial charge in [-0.2, -0.15) is 0 Å². The Morgan fingerprint density at radius 3 is 2.75 bits per heavy atom. The van der Waals surface area contributed by atoms with Gasteiger partial charge in [0.2, 0.25) is 0 Å². The summed E-state index contributed by atoms with van der Waals surface area (Å²) in [6, 6.07) is 18.5. The number of nitrogens with zero attached hydrogens (tertiary/aromatic N) is 2. The average Bonchev–Trinajstić information content (AvgIpc) is 3.08. The lowest BCUT2D eigenvalue weighted by Crippen LogP contribution is -2.27. The number of aliphatic hydroxyl groups is 1. The van der Waals surface area contributed by atoms with Gasteiger partial charge in [0.25, 0.3) is 0 Å². The van der Waals surface area contributed by atoms with Crippen LogP contribution in [0.3, 0.4) is 0 Å². The SMILES string of the molecule is CCc1ccccc1OCCN1C[C@@H](Cc2ccnc3ccccc23)[C@H](O)C1. The minimum absolute atomic E-state index is 0.244. The normalized spacial score (nSPS) is 19.9. The van der Waals surface area contributed by atoms with E-state index < -0.39 is 0 Å². The van der Waals surface area contributed by atoms with Gasteiger partial charge in [-0.3, -0.25) is 9.88 Å². The van der Waals surface area contributed by atoms with Crippen molar-refractivity contribution in [1.82, 2.24) is 9.88 Å². The van der Waals surface area contributed by atoms with E-state index in [4.69, 9.17) is 4.74 Å². The molecule has 1 fully saturated rings. The van der Waals surface area contributed by atoms with E-state index in [1.54, 1.807) is 0 Å². The topological polar surface area (TPSA) is 45.6 Å². The van der Waals surface area contributed by atoms with Gasteiger partial charge in [0.1, 0.15) is 12.4 Å². The molecule has 0 radical (unpaired) electrons. The predicted octanol–water partition coefficient (Wildman–Crippen LogP) is 3.71. The minimum atomic E-state index is -0.296. The van der Waals surface area contributed by atoms with Crippen molar-refractivity contribution in [2.45, 2.75) is 25.9 Å². The third-order valence-corrected chi connectivity index (χ3v) is 5.72. The smallest absolute Gasteiger partial charge is 0.122 e. The van der Waals surface area contributed by atoms with Crippen molar-refractivity contribution in [3.8, 4) is 5.75 Å². The Bertz CT molecular complexity index is 922. The fourth-order valence-corrected chi connectivity index (χ4v) is 4.16. The summed E-state index contributed by atoms with van der Waals surface area (Å²) in [5, 5.41) is 11.8. The molecule has 0 aliphatic carbocycles. The summed E-state index contributed by atoms with van der Waals surface area (Å²) in [4.78, 5) is 6.76. The van der Waals surface area contributed by atoms with Crippen LogP contribution >= 0.6 is 0 Å². The number of rotatable bonds is 7. The first-order valence-corrected chi connectivity index (χ1v) is 10.2. The summed E-state index contributed by atoms with van der Waals surface area (Å²) in [7, 11) is 0. The van der Waals surface area contributed by atoms with Gasteiger partial charge in [-0.1, -0.05) is 43.3 Å². The molecule has 0 unspecified atom stereocenters. The van der Waals surface area contributed by atoms with Crippen LogP contribution in [0.5, 0.6) is 5.75 Å². The van der Waals surface area contributed by atoms with Gasteiger partial charge in [-0.05, 0) is 42.2 Å². The summed E-state index contributed by atoms with van der Waals surface area (Å²) in [5.41, 5.74) is 3.53. The van der Waals surface area contributed by atoms with Crippen molar-refractivity contribution < 1.29 is 9.84 Å². The maximum atomic E-state index is 10.6. The molecule has 0 spiro atoms. The number of aliphatic hydroxyl groups excluding tert-OH is 1. The number of aromatic nitrogens is 1. The molecule has 2 aromatic carbocycles. The number of hydrogen-bond acceptors (Lipinski definition) is 4. The molecule has 3 aromatic rings. The summed E-state index contributed by atoms with van der Waals surface area (Å²) >= 11 is 0. The number of ether oxygens (including phenoxy) is 1. The Kier molecular flexibility index (Phi) is 5.89. The molecule has 1 N–H and O–H groups in total. The first-order chi connectivity index (χ1) is 13.7. The molecule has 2 atom stereocenters. The average molecular weight is 377 g/mol. The first kappa shape index (κ1) is 18.9. The number of hydrogen-bond donors (Lipinski definition) is 1. The molecule has 4 nitrogen and oxygen atoms in total. The van der Waals surface area contributed by atoms with Gasteiger partial charge in [0.15, 0.2) is 0 Å². The van der Waals surface area contributed by atoms with Crippen molar-refractivity contribution >= 4 is 10.9 Å². The van der Waals surface area contributed by atoms with E-state index in [1.807, 2.05) is 30.5 Å². The van der Waals surface area contributed by atoms with Crippen molar-refractivity contribution in [2.75, 3.05) is 26.2 Å². The van der Waals surface area contributed by atoms with Crippen molar-refractivity contribution in [2.24, 2.45) is 5.92 Å². The van der Waals surface area contributed by atoms with Crippen LogP contribution in [-0.2, 0) is 12.8 Å². The summed E-state index contributed by atoms with van der Waals surface area (Å²) < 4.78 is 6.00. The number of pyridine rings is 1. The number of fused-ring (bicyclic) bond motifs is 1. The highest BCUT2D eigenvalue weighted by molar-refractivity contribution is 5.81. The van der Waals surface area contributed by atoms with Crippen LogP contribution in [0.1, 0.15) is 18.1 Å². The number of aryl methyl sites for hydroxylation is 1. The first-order valence-electron chi connectivity index (χ1n) is 10.2. The molecule has 0 bridgehead atoms. The Morgan fingerprint density at radius 1 is 1.04 bits per heavy atom. The zero-order chi connectivity index (χ0) is 19.3. The van der Waals surface area contributed by atoms with E-state index in [0.29, 0.717) is 13.2 Å². The lowest BCUT2D eigenvalue weighted by molar-refractivity contribution is 0.139. The Balaban J connectivity index is 1.34. The second-order valence-corrected chi connectivity index (χ2v) is 7.59. The van der Waals surface area contributed by atoms with Gasteiger partial charge in [-0.25, -0.2) is 0 Å². The van der Waals surface area contributed by atoms with E-state index in [2.05, 4.69) is 47.1 Å². The molecule has 1 aliphatic heterocycles. The standard InChI is InChI=1S/C24H28N2O2/c1-2-18-7-3-6-10-24(18)28-14-13-26-16-20(23(27)17-26)15-19-11-12-25-22-9-5-4-8-21(19)22/h3-12,20,23,27H,2,13-17H2,1H3/t20-,23-/m1/s1. The van der Waals surface area contributed by atoms with E-state index in [0.717, 1.165) is 37.2 Å². The molecule has 0 saturated carbocycles. The molecule has 146 valence electrons. The Morgan fingerprint density at radius 2 is 1.86 bits per heavy atom. The summed E-state index contributed by atoms with van der Waals surface area (Å²) in [6.45, 7) is 5.24. The van der Waals surface area contributed by atoms with Crippen LogP contribution in [0.15, 0.2) is 60.8 Å². The molecule has 1 saturated heterocycles. The van der Waals surface area contributed by atoms with E-state index in [9.17, 15) is 5.11 Å². The van der Waals surface area contributed by atoms with Crippen LogP contribution in [0.2, 0.25) is 0 Å². The monoisotopic (exact) mass is 376 g/mol. The van der Waals surface area contributed by atoms with Gasteiger partial charge in [-0.15, -0.1) is 0 Å². The molecule has 4 rings (SSSR count). The summed E-state index contributed by atoms with van der Waals surface area (Å²) in [5.74, 6) is 1.22. The fourth-order valence-electron chi connectivity index (χ4n) is 4.16. The number of β-amino-alcohol motifs (C(OH)–C–C–N with tert-alkyl or cyclic N) is 1. The van der Waals surface area contributed by atoms with Crippen molar-refractivity contribution in [3.63, 3.8) is 0 Å². The van der Waals surface area contributed by atoms with Gasteiger partial charge in [0, 0.05) is 37.1 Å². The fraction of sp³-hybridized carbons (Fsp3) is 0.375. The highest BCUT2D eigenvalue weighted by Gasteiger charge is 2.31. The molecular weight excluding hydrogens is 348 g/mol. The third-order valence-electron chi connectivity index (χ3n) is 5.72. The second kappa shape index (κ2) is 8.72. The number of likely N-dealkylation sites (tertiary alicyclic amines) is 1. The molecule has 28 heavy (non-hydrogen) atoms. The minimum Gasteiger partial charge on any atom is -0.492 e. The molecule has 1 aromatic heterocycles. The number of benzene rings is 2. The molecule has 4 heteroatoms. The van der Waals surface area contributed by atoms with Crippen molar-refractivity contribution in [3.05, 3.63) is 71.9 Å². The Labute approximate surface area is 166 Å². The zero-order valence-corrected chi connectivity index (χ0v) is 16.4. The van der Waals surface area contributed by atoms with Crippen LogP contribution in [0.4, 0.5) is 0 Å². The van der Waals surface area contributed by atoms with E-state index in [1.165, 1.54) is 16.5 Å². The highest BCUT2D eigenvalue weighted by atomic mass is 16.5. The summed E-state index contributed by atoms with van der Waals surface area (Å²) in [6.07, 6.45) is 3.42. The lowest BCUT2D eigenvalue weighted by atomic mass is 9.94. The lowest BCUT2D eigenvalue weighted by Gasteiger charge is -2.17. The van der Waals surface area contributed by atoms with Crippen LogP contribution in [0, 0.1) is 5.92 Å². The predicted molar refractivity (Wildman–Crippen MR) is 113 cm³/mol. The molecule has 0 amide bonds. The maximum Gasteiger partial charge on any atom is 0.122 e. The van der Waals surface area contributed by atoms with Crippen LogP contribution < -0.4 is 4.74 Å². The Hall–Kier alpha value is -2.43. The van der Waals surface area contributed by atoms with E-state index >= 15 is 0 Å². The van der Waals surface area contributed by atoms with Crippen LogP contribution in [0.25, 0.3) is 10.9 Å². The largest absolute Gasteiger partial charge is 0.492 e. The quantitative estimate of drug-likeness (QED) is 0.683. The van der Waals surface area contributed by atoms with E-state index in [-0.39, 0.29) is 12.0 Å². The van der Waals surface area contributed by atoms with Crippen molar-refractivity contribution in [1.29, 1.82) is 0 Å². The molecule has 2 heterocycles. The third kappa shape index (κ3) is 4.18. The molecular formula is C24H28N2O2. The van der Waals surface area contributed by atoms with Gasteiger partial charge in [0.05, 0.1) is 11.6 Å². The van der Waals surface area contributed by atoms with Gasteiger partial charge >= 0.3 is 0 Å². The number of para-hydroxylation sites is 2. The second-order valence-electron chi connectivity index (χ2n) is 7.59.